The summed E-state index contributed by atoms with van der Waals surface area (Å²) in [4.78, 5) is 0. The van der Waals surface area contributed by atoms with E-state index in [1.165, 1.54) is 25.7 Å². The Morgan fingerprint density at radius 2 is 1.59 bits per heavy atom. The second-order valence-corrected chi connectivity index (χ2v) is 13.8. The molecule has 1 heterocycles. The van der Waals surface area contributed by atoms with Gasteiger partial charge in [0, 0.05) is 6.61 Å². The second-order valence-electron chi connectivity index (χ2n) is 4.52. The molecule has 1 aliphatic heterocycles. The molecule has 1 fully saturated rings. The van der Waals surface area contributed by atoms with Crippen molar-refractivity contribution in [3.63, 3.8) is 0 Å². The van der Waals surface area contributed by atoms with Gasteiger partial charge in [-0.3, -0.25) is 0 Å². The third kappa shape index (κ3) is 11.8. The SMILES string of the molecule is Cl[Si](Cl)(Cl)CCCCCCCCOCC1CO1. The Balaban J connectivity index is 1.69. The Morgan fingerprint density at radius 3 is 2.18 bits per heavy atom. The molecule has 102 valence electrons. The number of hydrogen-bond donors (Lipinski definition) is 0. The molecule has 0 N–H and O–H groups in total. The molecule has 0 aromatic carbocycles. The van der Waals surface area contributed by atoms with Crippen molar-refractivity contribution in [1.29, 1.82) is 0 Å². The quantitative estimate of drug-likeness (QED) is 0.244. The van der Waals surface area contributed by atoms with Crippen molar-refractivity contribution in [2.24, 2.45) is 0 Å². The molecule has 0 radical (unpaired) electrons. The van der Waals surface area contributed by atoms with Crippen molar-refractivity contribution in [2.75, 3.05) is 19.8 Å². The van der Waals surface area contributed by atoms with E-state index in [-0.39, 0.29) is 0 Å². The molecule has 1 rings (SSSR count). The number of ether oxygens (including phenoxy) is 2. The summed E-state index contributed by atoms with van der Waals surface area (Å²) in [5.74, 6) is 0. The fourth-order valence-electron chi connectivity index (χ4n) is 1.62. The van der Waals surface area contributed by atoms with Crippen molar-refractivity contribution >= 4 is 39.2 Å². The molecule has 0 aromatic rings. The van der Waals surface area contributed by atoms with E-state index < -0.39 is 6.00 Å². The van der Waals surface area contributed by atoms with E-state index in [1.54, 1.807) is 0 Å². The molecule has 1 unspecified atom stereocenters. The van der Waals surface area contributed by atoms with Gasteiger partial charge in [-0.05, 0) is 12.5 Å². The van der Waals surface area contributed by atoms with Crippen molar-refractivity contribution in [3.05, 3.63) is 0 Å². The average Bonchev–Trinajstić information content (AvgIpc) is 3.03. The van der Waals surface area contributed by atoms with E-state index in [0.29, 0.717) is 6.10 Å². The minimum atomic E-state index is -2.36. The number of hydrogen-bond acceptors (Lipinski definition) is 2. The highest BCUT2D eigenvalue weighted by Crippen LogP contribution is 2.27. The van der Waals surface area contributed by atoms with Gasteiger partial charge in [0.1, 0.15) is 6.10 Å². The number of unbranched alkanes of at least 4 members (excludes halogenated alkanes) is 5. The lowest BCUT2D eigenvalue weighted by atomic mass is 10.1. The highest BCUT2D eigenvalue weighted by molar-refractivity contribution is 7.64. The minimum Gasteiger partial charge on any atom is -0.379 e. The van der Waals surface area contributed by atoms with Crippen LogP contribution in [0.3, 0.4) is 0 Å². The van der Waals surface area contributed by atoms with Gasteiger partial charge in [-0.15, -0.1) is 33.2 Å². The van der Waals surface area contributed by atoms with Crippen LogP contribution >= 0.6 is 33.2 Å². The molecule has 0 saturated carbocycles. The highest BCUT2D eigenvalue weighted by atomic mass is 35.8. The van der Waals surface area contributed by atoms with Crippen LogP contribution in [0.5, 0.6) is 0 Å². The summed E-state index contributed by atoms with van der Waals surface area (Å²) < 4.78 is 10.5. The third-order valence-corrected chi connectivity index (χ3v) is 5.33. The molecule has 0 aromatic heterocycles. The molecule has 0 aliphatic carbocycles. The predicted octanol–water partition coefficient (Wildman–Crippen LogP) is 4.40. The zero-order valence-corrected chi connectivity index (χ0v) is 13.4. The fraction of sp³-hybridized carbons (Fsp3) is 1.00. The number of rotatable bonds is 11. The summed E-state index contributed by atoms with van der Waals surface area (Å²) in [7, 11) is 0. The number of epoxide rings is 1. The third-order valence-electron chi connectivity index (χ3n) is 2.71. The summed E-state index contributed by atoms with van der Waals surface area (Å²) in [6.45, 7) is 2.52. The zero-order valence-electron chi connectivity index (χ0n) is 10.1. The van der Waals surface area contributed by atoms with Gasteiger partial charge in [0.2, 0.25) is 0 Å². The van der Waals surface area contributed by atoms with E-state index in [2.05, 4.69) is 0 Å². The van der Waals surface area contributed by atoms with Crippen molar-refractivity contribution in [3.8, 4) is 0 Å². The Morgan fingerprint density at radius 1 is 1.00 bits per heavy atom. The van der Waals surface area contributed by atoms with Gasteiger partial charge in [-0.25, -0.2) is 0 Å². The summed E-state index contributed by atoms with van der Waals surface area (Å²) in [6.07, 6.45) is 7.49. The topological polar surface area (TPSA) is 21.8 Å². The Labute approximate surface area is 119 Å². The van der Waals surface area contributed by atoms with Crippen LogP contribution < -0.4 is 0 Å². The largest absolute Gasteiger partial charge is 0.379 e. The first-order valence-electron chi connectivity index (χ1n) is 6.34. The summed E-state index contributed by atoms with van der Waals surface area (Å²) in [6, 6.07) is -1.57. The molecule has 0 spiro atoms. The van der Waals surface area contributed by atoms with E-state index in [9.17, 15) is 0 Å². The van der Waals surface area contributed by atoms with E-state index in [0.717, 1.165) is 38.7 Å². The number of halogens is 3. The van der Waals surface area contributed by atoms with Gasteiger partial charge in [-0.1, -0.05) is 32.1 Å². The Kier molecular flexibility index (Phi) is 8.50. The maximum absolute atomic E-state index is 5.80. The Bertz CT molecular complexity index is 196. The monoisotopic (exact) mass is 318 g/mol. The standard InChI is InChI=1S/C11H21Cl3O2Si/c12-17(13,14)8-6-4-2-1-3-5-7-15-9-11-10-16-11/h11H,1-10H2. The molecule has 0 bridgehead atoms. The summed E-state index contributed by atoms with van der Waals surface area (Å²) >= 11 is 17.4. The van der Waals surface area contributed by atoms with Crippen LogP contribution in [0.15, 0.2) is 0 Å². The molecular weight excluding hydrogens is 299 g/mol. The van der Waals surface area contributed by atoms with Gasteiger partial charge in [-0.2, -0.15) is 0 Å². The van der Waals surface area contributed by atoms with Crippen molar-refractivity contribution < 1.29 is 9.47 Å². The van der Waals surface area contributed by atoms with Gasteiger partial charge in [0.25, 0.3) is 0 Å². The smallest absolute Gasteiger partial charge is 0.341 e. The molecule has 1 atom stereocenters. The molecular formula is C11H21Cl3O2Si. The molecule has 1 saturated heterocycles. The summed E-state index contributed by atoms with van der Waals surface area (Å²) in [5.41, 5.74) is 0. The maximum Gasteiger partial charge on any atom is 0.341 e. The van der Waals surface area contributed by atoms with Crippen LogP contribution in [-0.2, 0) is 9.47 Å². The minimum absolute atomic E-state index is 0.390. The zero-order chi connectivity index (χ0) is 12.6. The van der Waals surface area contributed by atoms with E-state index >= 15 is 0 Å². The molecule has 1 aliphatic rings. The summed E-state index contributed by atoms with van der Waals surface area (Å²) in [5, 5.41) is 0. The average molecular weight is 320 g/mol. The normalized spacial score (nSPS) is 19.6. The van der Waals surface area contributed by atoms with Crippen LogP contribution in [-0.4, -0.2) is 31.9 Å². The van der Waals surface area contributed by atoms with Gasteiger partial charge in [0.15, 0.2) is 0 Å². The van der Waals surface area contributed by atoms with Crippen molar-refractivity contribution in [2.45, 2.75) is 50.7 Å². The van der Waals surface area contributed by atoms with Gasteiger partial charge < -0.3 is 9.47 Å². The fourth-order valence-corrected chi connectivity index (χ4v) is 3.47. The second kappa shape index (κ2) is 9.00. The lowest BCUT2D eigenvalue weighted by Gasteiger charge is -2.06. The van der Waals surface area contributed by atoms with E-state index in [4.69, 9.17) is 42.7 Å². The molecule has 2 nitrogen and oxygen atoms in total. The van der Waals surface area contributed by atoms with Crippen LogP contribution in [0, 0.1) is 0 Å². The molecule has 6 heteroatoms. The van der Waals surface area contributed by atoms with E-state index in [1.807, 2.05) is 0 Å². The molecule has 17 heavy (non-hydrogen) atoms. The van der Waals surface area contributed by atoms with Gasteiger partial charge in [0.05, 0.1) is 13.2 Å². The van der Waals surface area contributed by atoms with Crippen LogP contribution in [0.2, 0.25) is 6.04 Å². The van der Waals surface area contributed by atoms with Crippen LogP contribution in [0.1, 0.15) is 38.5 Å². The lowest BCUT2D eigenvalue weighted by molar-refractivity contribution is 0.113. The first-order chi connectivity index (χ1) is 8.08. The Hall–Kier alpha value is 1.01. The first kappa shape index (κ1) is 16.1. The first-order valence-corrected chi connectivity index (χ1v) is 11.6. The maximum atomic E-state index is 5.80. The van der Waals surface area contributed by atoms with Crippen LogP contribution in [0.25, 0.3) is 0 Å². The lowest BCUT2D eigenvalue weighted by Crippen LogP contribution is -2.07. The van der Waals surface area contributed by atoms with Crippen LogP contribution in [0.4, 0.5) is 0 Å². The predicted molar refractivity (Wildman–Crippen MR) is 76.4 cm³/mol. The van der Waals surface area contributed by atoms with Gasteiger partial charge >= 0.3 is 6.00 Å². The molecule has 0 amide bonds. The van der Waals surface area contributed by atoms with Crippen molar-refractivity contribution in [1.82, 2.24) is 0 Å². The highest BCUT2D eigenvalue weighted by Gasteiger charge is 2.23.